The first kappa shape index (κ1) is 14.2. The van der Waals surface area contributed by atoms with Crippen molar-refractivity contribution in [2.75, 3.05) is 19.8 Å². The zero-order valence-electron chi connectivity index (χ0n) is 11.9. The fourth-order valence-corrected chi connectivity index (χ4v) is 2.69. The van der Waals surface area contributed by atoms with E-state index in [2.05, 4.69) is 15.5 Å². The van der Waals surface area contributed by atoms with E-state index in [1.54, 1.807) is 12.1 Å². The molecule has 0 spiro atoms. The average molecular weight is 289 g/mol. The summed E-state index contributed by atoms with van der Waals surface area (Å²) in [5.41, 5.74) is 2.99. The molecule has 1 aliphatic rings. The second kappa shape index (κ2) is 6.83. The van der Waals surface area contributed by atoms with Crippen LogP contribution in [0.15, 0.2) is 30.5 Å². The number of benzene rings is 1. The van der Waals surface area contributed by atoms with Crippen molar-refractivity contribution in [3.63, 3.8) is 0 Å². The van der Waals surface area contributed by atoms with E-state index in [4.69, 9.17) is 4.74 Å². The Balaban J connectivity index is 1.59. The number of nitrogens with zero attached hydrogens (tertiary/aromatic N) is 1. The van der Waals surface area contributed by atoms with Gasteiger partial charge in [-0.3, -0.25) is 5.10 Å². The lowest BCUT2D eigenvalue weighted by Gasteiger charge is -2.22. The van der Waals surface area contributed by atoms with Crippen LogP contribution in [0.5, 0.6) is 0 Å². The van der Waals surface area contributed by atoms with Gasteiger partial charge in [-0.2, -0.15) is 5.10 Å². The van der Waals surface area contributed by atoms with E-state index in [-0.39, 0.29) is 5.82 Å². The minimum absolute atomic E-state index is 0.227. The number of ether oxygens (including phenoxy) is 1. The van der Waals surface area contributed by atoms with Crippen molar-refractivity contribution < 1.29 is 9.13 Å². The molecule has 1 fully saturated rings. The SMILES string of the molecule is Fc1ccc(-c2[nH]ncc2CNC[C@H]2CCCOC2)cc1. The van der Waals surface area contributed by atoms with Gasteiger partial charge in [0.15, 0.2) is 0 Å². The van der Waals surface area contributed by atoms with Gasteiger partial charge in [-0.05, 0) is 43.0 Å². The third-order valence-electron chi connectivity index (χ3n) is 3.85. The first-order chi connectivity index (χ1) is 10.3. The van der Waals surface area contributed by atoms with Crippen LogP contribution in [0.25, 0.3) is 11.3 Å². The van der Waals surface area contributed by atoms with Crippen LogP contribution in [0.2, 0.25) is 0 Å². The summed E-state index contributed by atoms with van der Waals surface area (Å²) in [6, 6.07) is 6.46. The summed E-state index contributed by atoms with van der Waals surface area (Å²) >= 11 is 0. The molecule has 112 valence electrons. The van der Waals surface area contributed by atoms with Gasteiger partial charge in [0.2, 0.25) is 0 Å². The zero-order valence-corrected chi connectivity index (χ0v) is 11.9. The van der Waals surface area contributed by atoms with E-state index >= 15 is 0 Å². The Morgan fingerprint density at radius 2 is 2.19 bits per heavy atom. The fourth-order valence-electron chi connectivity index (χ4n) is 2.69. The van der Waals surface area contributed by atoms with Crippen molar-refractivity contribution in [1.82, 2.24) is 15.5 Å². The molecule has 1 aromatic heterocycles. The number of hydrogen-bond donors (Lipinski definition) is 2. The van der Waals surface area contributed by atoms with Gasteiger partial charge in [0, 0.05) is 30.8 Å². The van der Waals surface area contributed by atoms with Crippen LogP contribution in [0.4, 0.5) is 4.39 Å². The monoisotopic (exact) mass is 289 g/mol. The first-order valence-corrected chi connectivity index (χ1v) is 7.39. The molecule has 1 aliphatic heterocycles. The van der Waals surface area contributed by atoms with Crippen molar-refractivity contribution >= 4 is 0 Å². The smallest absolute Gasteiger partial charge is 0.123 e. The van der Waals surface area contributed by atoms with Gasteiger partial charge in [-0.15, -0.1) is 0 Å². The molecule has 4 nitrogen and oxygen atoms in total. The van der Waals surface area contributed by atoms with E-state index in [0.29, 0.717) is 5.92 Å². The Kier molecular flexibility index (Phi) is 4.62. The van der Waals surface area contributed by atoms with Crippen LogP contribution in [-0.2, 0) is 11.3 Å². The maximum Gasteiger partial charge on any atom is 0.123 e. The second-order valence-electron chi connectivity index (χ2n) is 5.49. The van der Waals surface area contributed by atoms with Crippen LogP contribution >= 0.6 is 0 Å². The maximum absolute atomic E-state index is 13.0. The Morgan fingerprint density at radius 3 is 2.95 bits per heavy atom. The third-order valence-corrected chi connectivity index (χ3v) is 3.85. The Bertz CT molecular complexity index is 561. The number of rotatable bonds is 5. The van der Waals surface area contributed by atoms with Crippen molar-refractivity contribution in [2.24, 2.45) is 5.92 Å². The molecule has 0 radical (unpaired) electrons. The number of hydrogen-bond acceptors (Lipinski definition) is 3. The molecule has 2 N–H and O–H groups in total. The van der Waals surface area contributed by atoms with Crippen LogP contribution in [-0.4, -0.2) is 30.0 Å². The predicted molar refractivity (Wildman–Crippen MR) is 79.2 cm³/mol. The number of nitrogens with one attached hydrogen (secondary N) is 2. The van der Waals surface area contributed by atoms with Crippen molar-refractivity contribution in [3.8, 4) is 11.3 Å². The fraction of sp³-hybridized carbons (Fsp3) is 0.438. The number of aromatic amines is 1. The van der Waals surface area contributed by atoms with Crippen molar-refractivity contribution in [3.05, 3.63) is 41.8 Å². The van der Waals surface area contributed by atoms with Gasteiger partial charge in [-0.25, -0.2) is 4.39 Å². The summed E-state index contributed by atoms with van der Waals surface area (Å²) in [6.07, 6.45) is 4.20. The quantitative estimate of drug-likeness (QED) is 0.890. The summed E-state index contributed by atoms with van der Waals surface area (Å²) in [5, 5.41) is 10.6. The minimum Gasteiger partial charge on any atom is -0.381 e. The highest BCUT2D eigenvalue weighted by Gasteiger charge is 2.14. The third kappa shape index (κ3) is 3.68. The van der Waals surface area contributed by atoms with Gasteiger partial charge in [0.25, 0.3) is 0 Å². The maximum atomic E-state index is 13.0. The number of aromatic nitrogens is 2. The van der Waals surface area contributed by atoms with E-state index in [9.17, 15) is 4.39 Å². The van der Waals surface area contributed by atoms with Gasteiger partial charge in [-0.1, -0.05) is 0 Å². The van der Waals surface area contributed by atoms with E-state index < -0.39 is 0 Å². The van der Waals surface area contributed by atoms with E-state index in [0.717, 1.165) is 49.5 Å². The summed E-state index contributed by atoms with van der Waals surface area (Å²) in [6.45, 7) is 3.45. The molecule has 0 saturated carbocycles. The highest BCUT2D eigenvalue weighted by Crippen LogP contribution is 2.21. The molecule has 0 bridgehead atoms. The average Bonchev–Trinajstić information content (AvgIpc) is 2.98. The molecule has 21 heavy (non-hydrogen) atoms. The van der Waals surface area contributed by atoms with Crippen LogP contribution < -0.4 is 5.32 Å². The molecule has 1 aromatic carbocycles. The molecular formula is C16H20FN3O. The van der Waals surface area contributed by atoms with Crippen LogP contribution in [0.1, 0.15) is 18.4 Å². The van der Waals surface area contributed by atoms with Crippen LogP contribution in [0, 0.1) is 11.7 Å². The molecular weight excluding hydrogens is 269 g/mol. The first-order valence-electron chi connectivity index (χ1n) is 7.39. The minimum atomic E-state index is -0.227. The van der Waals surface area contributed by atoms with Gasteiger partial charge >= 0.3 is 0 Å². The Morgan fingerprint density at radius 1 is 1.33 bits per heavy atom. The second-order valence-corrected chi connectivity index (χ2v) is 5.49. The highest BCUT2D eigenvalue weighted by atomic mass is 19.1. The lowest BCUT2D eigenvalue weighted by Crippen LogP contribution is -2.28. The summed E-state index contributed by atoms with van der Waals surface area (Å²) in [4.78, 5) is 0. The highest BCUT2D eigenvalue weighted by molar-refractivity contribution is 5.62. The van der Waals surface area contributed by atoms with Crippen molar-refractivity contribution in [1.29, 1.82) is 0 Å². The molecule has 0 aliphatic carbocycles. The Hall–Kier alpha value is -1.72. The lowest BCUT2D eigenvalue weighted by molar-refractivity contribution is 0.0547. The van der Waals surface area contributed by atoms with Gasteiger partial charge < -0.3 is 10.1 Å². The van der Waals surface area contributed by atoms with Crippen LogP contribution in [0.3, 0.4) is 0 Å². The molecule has 5 heteroatoms. The normalized spacial score (nSPS) is 18.8. The lowest BCUT2D eigenvalue weighted by atomic mass is 10.0. The standard InChI is InChI=1S/C16H20FN3O/c17-15-5-3-13(4-6-15)16-14(10-19-20-16)9-18-8-12-2-1-7-21-11-12/h3-6,10,12,18H,1-2,7-9,11H2,(H,19,20)/t12-/m1/s1. The summed E-state index contributed by atoms with van der Waals surface area (Å²) in [5.74, 6) is 0.371. The molecule has 2 aromatic rings. The molecule has 1 atom stereocenters. The van der Waals surface area contributed by atoms with Gasteiger partial charge in [0.1, 0.15) is 5.82 Å². The summed E-state index contributed by atoms with van der Waals surface area (Å²) in [7, 11) is 0. The zero-order chi connectivity index (χ0) is 14.5. The van der Waals surface area contributed by atoms with Crippen molar-refractivity contribution in [2.45, 2.75) is 19.4 Å². The van der Waals surface area contributed by atoms with E-state index in [1.807, 2.05) is 6.20 Å². The molecule has 0 amide bonds. The molecule has 1 saturated heterocycles. The predicted octanol–water partition coefficient (Wildman–Crippen LogP) is 2.73. The molecule has 0 unspecified atom stereocenters. The van der Waals surface area contributed by atoms with E-state index in [1.165, 1.54) is 18.6 Å². The number of halogens is 1. The van der Waals surface area contributed by atoms with Gasteiger partial charge in [0.05, 0.1) is 18.5 Å². The summed E-state index contributed by atoms with van der Waals surface area (Å²) < 4.78 is 18.5. The largest absolute Gasteiger partial charge is 0.381 e. The topological polar surface area (TPSA) is 49.9 Å². The molecule has 2 heterocycles. The molecule has 3 rings (SSSR count). The Labute approximate surface area is 123 Å². The number of H-pyrrole nitrogens is 1.